The fraction of sp³-hybridized carbons (Fsp3) is 0.529. The summed E-state index contributed by atoms with van der Waals surface area (Å²) in [6.45, 7) is 1.28. The molecular formula is C17H22N2O6S. The zero-order chi connectivity index (χ0) is 18.7. The normalized spacial score (nSPS) is 24.3. The number of carboxylic acids is 1. The number of carbonyl (C=O) groups is 2. The van der Waals surface area contributed by atoms with E-state index in [1.54, 1.807) is 6.07 Å². The summed E-state index contributed by atoms with van der Waals surface area (Å²) in [7, 11) is -3.67. The number of hydrogen-bond acceptors (Lipinski definition) is 5. The molecule has 0 radical (unpaired) electrons. The summed E-state index contributed by atoms with van der Waals surface area (Å²) >= 11 is 0. The van der Waals surface area contributed by atoms with E-state index in [-0.39, 0.29) is 35.5 Å². The molecule has 1 saturated carbocycles. The second kappa shape index (κ2) is 7.73. The van der Waals surface area contributed by atoms with E-state index < -0.39 is 21.9 Å². The summed E-state index contributed by atoms with van der Waals surface area (Å²) < 4.78 is 31.9. The van der Waals surface area contributed by atoms with Crippen LogP contribution in [-0.4, -0.2) is 62.1 Å². The topological polar surface area (TPSA) is 113 Å². The molecule has 3 rings (SSSR count). The van der Waals surface area contributed by atoms with E-state index in [0.29, 0.717) is 32.5 Å². The first-order valence-electron chi connectivity index (χ1n) is 8.59. The molecule has 0 spiro atoms. The number of nitrogens with one attached hydrogen (secondary N) is 1. The highest BCUT2D eigenvalue weighted by atomic mass is 32.2. The SMILES string of the molecule is O=C(N[C@H]1CC[C@@H](C(=O)O)C1)c1cccc(S(=O)(=O)N2CCOCC2)c1. The van der Waals surface area contributed by atoms with Gasteiger partial charge in [0, 0.05) is 24.7 Å². The Labute approximate surface area is 152 Å². The number of carbonyl (C=O) groups excluding carboxylic acids is 1. The van der Waals surface area contributed by atoms with Crippen LogP contribution in [-0.2, 0) is 19.6 Å². The maximum atomic E-state index is 12.7. The summed E-state index contributed by atoms with van der Waals surface area (Å²) in [5.74, 6) is -1.67. The van der Waals surface area contributed by atoms with Gasteiger partial charge in [-0.1, -0.05) is 6.07 Å². The second-order valence-electron chi connectivity index (χ2n) is 6.56. The number of morpholine rings is 1. The second-order valence-corrected chi connectivity index (χ2v) is 8.50. The predicted molar refractivity (Wildman–Crippen MR) is 92.3 cm³/mol. The molecule has 8 nitrogen and oxygen atoms in total. The van der Waals surface area contributed by atoms with E-state index in [2.05, 4.69) is 5.32 Å². The minimum absolute atomic E-state index is 0.0712. The van der Waals surface area contributed by atoms with Crippen molar-refractivity contribution >= 4 is 21.9 Å². The number of carboxylic acid groups (broad SMARTS) is 1. The number of aliphatic carboxylic acids is 1. The van der Waals surface area contributed by atoms with Gasteiger partial charge < -0.3 is 15.2 Å². The van der Waals surface area contributed by atoms with Gasteiger partial charge in [-0.25, -0.2) is 8.42 Å². The summed E-state index contributed by atoms with van der Waals surface area (Å²) in [4.78, 5) is 23.5. The molecule has 0 bridgehead atoms. The molecule has 0 unspecified atom stereocenters. The first-order chi connectivity index (χ1) is 12.4. The van der Waals surface area contributed by atoms with Crippen molar-refractivity contribution in [2.45, 2.75) is 30.2 Å². The highest BCUT2D eigenvalue weighted by Gasteiger charge is 2.31. The molecule has 1 saturated heterocycles. The number of ether oxygens (including phenoxy) is 1. The summed E-state index contributed by atoms with van der Waals surface area (Å²) in [6.07, 6.45) is 1.53. The van der Waals surface area contributed by atoms with Gasteiger partial charge in [-0.05, 0) is 37.5 Å². The van der Waals surface area contributed by atoms with Crippen LogP contribution in [0.3, 0.4) is 0 Å². The summed E-state index contributed by atoms with van der Waals surface area (Å²) in [6, 6.07) is 5.72. The van der Waals surface area contributed by atoms with Crippen LogP contribution >= 0.6 is 0 Å². The van der Waals surface area contributed by atoms with Crippen LogP contribution in [0.1, 0.15) is 29.6 Å². The Balaban J connectivity index is 1.70. The average Bonchev–Trinajstić information content (AvgIpc) is 3.11. The van der Waals surface area contributed by atoms with Gasteiger partial charge in [0.2, 0.25) is 10.0 Å². The number of nitrogens with zero attached hydrogens (tertiary/aromatic N) is 1. The lowest BCUT2D eigenvalue weighted by Crippen LogP contribution is -2.40. The van der Waals surface area contributed by atoms with Crippen molar-refractivity contribution in [1.29, 1.82) is 0 Å². The first-order valence-corrected chi connectivity index (χ1v) is 10.0. The number of amides is 1. The lowest BCUT2D eigenvalue weighted by Gasteiger charge is -2.26. The molecule has 142 valence electrons. The Morgan fingerprint density at radius 1 is 1.19 bits per heavy atom. The number of sulfonamides is 1. The molecule has 2 atom stereocenters. The molecule has 2 N–H and O–H groups in total. The number of benzene rings is 1. The maximum Gasteiger partial charge on any atom is 0.306 e. The number of hydrogen-bond donors (Lipinski definition) is 2. The Morgan fingerprint density at radius 3 is 2.58 bits per heavy atom. The lowest BCUT2D eigenvalue weighted by molar-refractivity contribution is -0.141. The smallest absolute Gasteiger partial charge is 0.306 e. The van der Waals surface area contributed by atoms with Gasteiger partial charge in [-0.2, -0.15) is 4.31 Å². The van der Waals surface area contributed by atoms with Gasteiger partial charge in [-0.15, -0.1) is 0 Å². The quantitative estimate of drug-likeness (QED) is 0.775. The molecule has 9 heteroatoms. The van der Waals surface area contributed by atoms with Crippen molar-refractivity contribution in [3.05, 3.63) is 29.8 Å². The number of rotatable bonds is 5. The third-order valence-electron chi connectivity index (χ3n) is 4.82. The standard InChI is InChI=1S/C17H22N2O6S/c20-16(18-14-5-4-13(10-14)17(21)22)12-2-1-3-15(11-12)26(23,24)19-6-8-25-9-7-19/h1-3,11,13-14H,4-10H2,(H,18,20)(H,21,22)/t13-,14+/m1/s1. The predicted octanol–water partition coefficient (Wildman–Crippen LogP) is 0.691. The lowest BCUT2D eigenvalue weighted by atomic mass is 10.1. The highest BCUT2D eigenvalue weighted by molar-refractivity contribution is 7.89. The third kappa shape index (κ3) is 4.05. The summed E-state index contributed by atoms with van der Waals surface area (Å²) in [5.41, 5.74) is 0.248. The van der Waals surface area contributed by atoms with Gasteiger partial charge in [-0.3, -0.25) is 9.59 Å². The fourth-order valence-electron chi connectivity index (χ4n) is 3.34. The fourth-order valence-corrected chi connectivity index (χ4v) is 4.79. The van der Waals surface area contributed by atoms with E-state index in [0.717, 1.165) is 0 Å². The Kier molecular flexibility index (Phi) is 5.59. The van der Waals surface area contributed by atoms with Crippen LogP contribution in [0.15, 0.2) is 29.2 Å². The molecule has 0 aromatic heterocycles. The van der Waals surface area contributed by atoms with Crippen LogP contribution in [0.5, 0.6) is 0 Å². The molecule has 1 aliphatic carbocycles. The van der Waals surface area contributed by atoms with Gasteiger partial charge >= 0.3 is 5.97 Å². The monoisotopic (exact) mass is 382 g/mol. The molecule has 1 aromatic carbocycles. The van der Waals surface area contributed by atoms with E-state index in [1.165, 1.54) is 22.5 Å². The van der Waals surface area contributed by atoms with Gasteiger partial charge in [0.15, 0.2) is 0 Å². The van der Waals surface area contributed by atoms with Crippen LogP contribution < -0.4 is 5.32 Å². The largest absolute Gasteiger partial charge is 0.481 e. The Morgan fingerprint density at radius 2 is 1.92 bits per heavy atom. The molecular weight excluding hydrogens is 360 g/mol. The minimum atomic E-state index is -3.67. The molecule has 26 heavy (non-hydrogen) atoms. The van der Waals surface area contributed by atoms with Crippen LogP contribution in [0, 0.1) is 5.92 Å². The van der Waals surface area contributed by atoms with Crippen LogP contribution in [0.4, 0.5) is 0 Å². The van der Waals surface area contributed by atoms with Gasteiger partial charge in [0.1, 0.15) is 0 Å². The van der Waals surface area contributed by atoms with Crippen molar-refractivity contribution in [3.63, 3.8) is 0 Å². The molecule has 1 aliphatic heterocycles. The first kappa shape index (κ1) is 18.8. The van der Waals surface area contributed by atoms with Crippen LogP contribution in [0.2, 0.25) is 0 Å². The van der Waals surface area contributed by atoms with Crippen molar-refractivity contribution < 1.29 is 27.9 Å². The van der Waals surface area contributed by atoms with Gasteiger partial charge in [0.05, 0.1) is 24.0 Å². The molecule has 1 aromatic rings. The maximum absolute atomic E-state index is 12.7. The molecule has 1 heterocycles. The zero-order valence-corrected chi connectivity index (χ0v) is 15.1. The summed E-state index contributed by atoms with van der Waals surface area (Å²) in [5, 5.41) is 11.8. The Hall–Kier alpha value is -1.97. The van der Waals surface area contributed by atoms with E-state index in [1.807, 2.05) is 0 Å². The van der Waals surface area contributed by atoms with Crippen molar-refractivity contribution in [2.24, 2.45) is 5.92 Å². The van der Waals surface area contributed by atoms with Crippen LogP contribution in [0.25, 0.3) is 0 Å². The molecule has 1 amide bonds. The van der Waals surface area contributed by atoms with E-state index in [4.69, 9.17) is 9.84 Å². The van der Waals surface area contributed by atoms with Crippen molar-refractivity contribution in [3.8, 4) is 0 Å². The van der Waals surface area contributed by atoms with Crippen molar-refractivity contribution in [2.75, 3.05) is 26.3 Å². The highest BCUT2D eigenvalue weighted by Crippen LogP contribution is 2.26. The van der Waals surface area contributed by atoms with E-state index in [9.17, 15) is 18.0 Å². The molecule has 2 aliphatic rings. The van der Waals surface area contributed by atoms with Crippen molar-refractivity contribution in [1.82, 2.24) is 9.62 Å². The minimum Gasteiger partial charge on any atom is -0.481 e. The Bertz CT molecular complexity index is 788. The van der Waals surface area contributed by atoms with E-state index >= 15 is 0 Å². The average molecular weight is 382 g/mol. The van der Waals surface area contributed by atoms with Gasteiger partial charge in [0.25, 0.3) is 5.91 Å². The zero-order valence-electron chi connectivity index (χ0n) is 14.3. The molecule has 2 fully saturated rings. The third-order valence-corrected chi connectivity index (χ3v) is 6.72.